The number of benzene rings is 3. The largest absolute Gasteiger partial charge is 0.481 e. The zero-order valence-electron chi connectivity index (χ0n) is 25.7. The number of esters is 1. The first-order chi connectivity index (χ1) is 22.8. The van der Waals surface area contributed by atoms with E-state index in [1.165, 1.54) is 46.8 Å². The number of rotatable bonds is 6. The summed E-state index contributed by atoms with van der Waals surface area (Å²) in [6.07, 6.45) is 6.22. The van der Waals surface area contributed by atoms with E-state index in [-0.39, 0.29) is 52.2 Å². The Morgan fingerprint density at radius 1 is 1.25 bits per heavy atom. The highest BCUT2D eigenvalue weighted by Crippen LogP contribution is 2.38. The van der Waals surface area contributed by atoms with Crippen molar-refractivity contribution in [3.63, 3.8) is 0 Å². The number of carbonyl (C=O) groups excluding carboxylic acids is 2. The van der Waals surface area contributed by atoms with Crippen LogP contribution in [0.1, 0.15) is 30.0 Å². The Labute approximate surface area is 287 Å². The van der Waals surface area contributed by atoms with E-state index >= 15 is 0 Å². The van der Waals surface area contributed by atoms with Gasteiger partial charge in [-0.25, -0.2) is 14.2 Å². The Morgan fingerprint density at radius 2 is 2.02 bits per heavy atom. The van der Waals surface area contributed by atoms with Crippen LogP contribution in [0.5, 0.6) is 17.2 Å². The van der Waals surface area contributed by atoms with E-state index in [0.717, 1.165) is 32.0 Å². The number of amides is 1. The molecule has 3 heterocycles. The second-order valence-corrected chi connectivity index (χ2v) is 12.8. The highest BCUT2D eigenvalue weighted by molar-refractivity contribution is 7.02. The van der Waals surface area contributed by atoms with Gasteiger partial charge in [0, 0.05) is 47.7 Å². The van der Waals surface area contributed by atoms with Gasteiger partial charge in [-0.05, 0) is 35.7 Å². The van der Waals surface area contributed by atoms with Crippen molar-refractivity contribution in [3.05, 3.63) is 90.7 Å². The lowest BCUT2D eigenvalue weighted by atomic mass is 9.92. The van der Waals surface area contributed by atoms with Gasteiger partial charge in [-0.15, -0.1) is 6.42 Å². The minimum Gasteiger partial charge on any atom is -0.481 e. The van der Waals surface area contributed by atoms with E-state index in [1.807, 2.05) is 4.57 Å². The maximum Gasteiger partial charge on any atom is 0.345 e. The van der Waals surface area contributed by atoms with Crippen LogP contribution in [0.15, 0.2) is 53.5 Å². The van der Waals surface area contributed by atoms with Gasteiger partial charge in [0.2, 0.25) is 4.80 Å². The summed E-state index contributed by atoms with van der Waals surface area (Å²) in [7, 11) is 1.13. The average molecular weight is 715 g/mol. The van der Waals surface area contributed by atoms with Gasteiger partial charge in [0.15, 0.2) is 12.4 Å². The Hall–Kier alpha value is -4.97. The lowest BCUT2D eigenvalue weighted by molar-refractivity contribution is -0.385. The summed E-state index contributed by atoms with van der Waals surface area (Å²) in [5.41, 5.74) is 0.0915. The van der Waals surface area contributed by atoms with E-state index in [2.05, 4.69) is 33.9 Å². The summed E-state index contributed by atoms with van der Waals surface area (Å²) >= 11 is 13.0. The minimum absolute atomic E-state index is 0.0964. The number of aromatic nitrogens is 2. The summed E-state index contributed by atoms with van der Waals surface area (Å²) in [5.74, 6) is 2.59. The van der Waals surface area contributed by atoms with Gasteiger partial charge < -0.3 is 18.8 Å². The molecule has 0 saturated heterocycles. The smallest absolute Gasteiger partial charge is 0.345 e. The Morgan fingerprint density at radius 3 is 2.71 bits per heavy atom. The minimum atomic E-state index is -0.834. The predicted molar refractivity (Wildman–Crippen MR) is 177 cm³/mol. The maximum atomic E-state index is 14.5. The monoisotopic (exact) mass is 713 g/mol. The van der Waals surface area contributed by atoms with Crippen molar-refractivity contribution in [1.82, 2.24) is 8.94 Å². The number of anilines is 1. The van der Waals surface area contributed by atoms with Gasteiger partial charge in [-0.3, -0.25) is 19.8 Å². The molecule has 0 aliphatic carbocycles. The number of methoxy groups -OCH3 is 1. The van der Waals surface area contributed by atoms with Crippen molar-refractivity contribution < 1.29 is 33.1 Å². The molecule has 0 fully saturated rings. The van der Waals surface area contributed by atoms with Crippen LogP contribution in [0.25, 0.3) is 0 Å². The van der Waals surface area contributed by atoms with Crippen molar-refractivity contribution in [3.8, 4) is 29.6 Å². The van der Waals surface area contributed by atoms with Gasteiger partial charge in [-0.1, -0.05) is 43.0 Å². The van der Waals surface area contributed by atoms with E-state index in [9.17, 15) is 24.1 Å². The normalized spacial score (nSPS) is 14.6. The fourth-order valence-corrected chi connectivity index (χ4v) is 6.15. The zero-order chi connectivity index (χ0) is 34.7. The molecule has 16 heteroatoms. The number of carbonyl (C=O) groups is 2. The van der Waals surface area contributed by atoms with Crippen LogP contribution in [0, 0.1) is 33.7 Å². The van der Waals surface area contributed by atoms with E-state index in [1.54, 1.807) is 12.1 Å². The van der Waals surface area contributed by atoms with Crippen LogP contribution in [-0.4, -0.2) is 46.0 Å². The van der Waals surface area contributed by atoms with Gasteiger partial charge in [0.1, 0.15) is 34.3 Å². The molecule has 2 aliphatic rings. The van der Waals surface area contributed by atoms with E-state index < -0.39 is 16.7 Å². The number of nitrogens with zero attached hydrogens (tertiary/aromatic N) is 5. The third-order valence-corrected chi connectivity index (χ3v) is 8.43. The Kier molecular flexibility index (Phi) is 10.0. The molecule has 0 saturated carbocycles. The van der Waals surface area contributed by atoms with Crippen LogP contribution in [0.3, 0.4) is 0 Å². The van der Waals surface area contributed by atoms with E-state index in [0.29, 0.717) is 27.0 Å². The molecule has 12 nitrogen and oxygen atoms in total. The molecular weight excluding hydrogens is 688 g/mol. The molecule has 248 valence electrons. The number of terminal acetylenes is 1. The number of hydrogen-bond donors (Lipinski definition) is 0. The summed E-state index contributed by atoms with van der Waals surface area (Å²) in [5, 5.41) is 11.6. The molecule has 2 aliphatic heterocycles. The molecule has 4 aromatic rings. The van der Waals surface area contributed by atoms with Gasteiger partial charge in [0.05, 0.1) is 29.3 Å². The third-order valence-electron chi connectivity index (χ3n) is 7.13. The SMILES string of the molecule is C#CCN1C(=O)COc2cc(F)c(N=c3snc4n3CC(C)(C)C4)cc21.COC(=O)c1cc(Oc2ccc(Cl)cc2Cl)ccc1[N+](=O)[O-]. The number of nitro groups is 1. The number of hydrogen-bond acceptors (Lipinski definition) is 10. The van der Waals surface area contributed by atoms with Crippen LogP contribution >= 0.6 is 34.7 Å². The molecule has 0 unspecified atom stereocenters. The summed E-state index contributed by atoms with van der Waals surface area (Å²) in [6.45, 7) is 5.05. The van der Waals surface area contributed by atoms with Crippen LogP contribution in [0.2, 0.25) is 10.0 Å². The lowest BCUT2D eigenvalue weighted by Gasteiger charge is -2.28. The molecule has 48 heavy (non-hydrogen) atoms. The molecule has 0 atom stereocenters. The molecule has 0 bridgehead atoms. The van der Waals surface area contributed by atoms with Gasteiger partial charge in [0.25, 0.3) is 11.6 Å². The molecular formula is C32H26Cl2FN5O7S. The zero-order valence-corrected chi connectivity index (χ0v) is 28.0. The van der Waals surface area contributed by atoms with Crippen LogP contribution in [-0.2, 0) is 22.5 Å². The Balaban J connectivity index is 0.000000191. The number of fused-ring (bicyclic) bond motifs is 2. The summed E-state index contributed by atoms with van der Waals surface area (Å²) < 4.78 is 36.4. The molecule has 0 radical (unpaired) electrons. The first kappa shape index (κ1) is 34.4. The molecule has 0 N–H and O–H groups in total. The fraction of sp³-hybridized carbons (Fsp3) is 0.250. The quantitative estimate of drug-likeness (QED) is 0.0927. The first-order valence-corrected chi connectivity index (χ1v) is 15.6. The van der Waals surface area contributed by atoms with Crippen LogP contribution in [0.4, 0.5) is 21.5 Å². The molecule has 6 rings (SSSR count). The molecule has 1 amide bonds. The maximum absolute atomic E-state index is 14.5. The lowest BCUT2D eigenvalue weighted by Crippen LogP contribution is -2.39. The highest BCUT2D eigenvalue weighted by Gasteiger charge is 2.31. The standard InChI is InChI=1S/C18H17FN4O2S.C14H9Cl2NO5/c1-4-5-22-13-7-12(11(19)6-14(13)25-9-16(22)24)20-17-23-10-18(2,3)8-15(23)21-26-17;1-21-14(18)10-7-9(3-4-12(10)17(19)20)22-13-5-2-8(15)6-11(13)16/h1,6-7H,5,8-10H2,2-3H3;2-7H,1H3. The summed E-state index contributed by atoms with van der Waals surface area (Å²) in [4.78, 5) is 40.4. The topological polar surface area (TPSA) is 138 Å². The number of halogens is 3. The predicted octanol–water partition coefficient (Wildman–Crippen LogP) is 6.74. The van der Waals surface area contributed by atoms with Crippen molar-refractivity contribution in [2.75, 3.05) is 25.2 Å². The van der Waals surface area contributed by atoms with Crippen LogP contribution < -0.4 is 19.2 Å². The summed E-state index contributed by atoms with van der Waals surface area (Å²) in [6, 6.07) is 11.1. The number of ether oxygens (including phenoxy) is 3. The average Bonchev–Trinajstić information content (AvgIpc) is 3.55. The van der Waals surface area contributed by atoms with Gasteiger partial charge >= 0.3 is 5.97 Å². The number of nitro benzene ring substituents is 1. The second kappa shape index (κ2) is 14.0. The second-order valence-electron chi connectivity index (χ2n) is 11.3. The molecule has 0 spiro atoms. The van der Waals surface area contributed by atoms with Crippen molar-refractivity contribution in [2.24, 2.45) is 10.4 Å². The third kappa shape index (κ3) is 7.44. The van der Waals surface area contributed by atoms with E-state index in [4.69, 9.17) is 39.1 Å². The Bertz CT molecular complexity index is 2060. The van der Waals surface area contributed by atoms with Gasteiger partial charge in [-0.2, -0.15) is 4.37 Å². The van der Waals surface area contributed by atoms with Crippen molar-refractivity contribution in [1.29, 1.82) is 0 Å². The highest BCUT2D eigenvalue weighted by atomic mass is 35.5. The van der Waals surface area contributed by atoms with Crippen molar-refractivity contribution in [2.45, 2.75) is 26.8 Å². The first-order valence-electron chi connectivity index (χ1n) is 14.1. The van der Waals surface area contributed by atoms with Crippen molar-refractivity contribution >= 4 is 63.7 Å². The fourth-order valence-electron chi connectivity index (χ4n) is 4.94. The molecule has 1 aromatic heterocycles. The molecule has 3 aromatic carbocycles.